The van der Waals surface area contributed by atoms with Crippen molar-refractivity contribution >= 4 is 0 Å². The maximum Gasteiger partial charge on any atom is 0.0120 e. The molecule has 0 bridgehead atoms. The Labute approximate surface area is 95.9 Å². The third kappa shape index (κ3) is 1.54. The normalized spacial score (nSPS) is 15.1. The van der Waals surface area contributed by atoms with Crippen LogP contribution in [-0.2, 0) is 12.8 Å². The fourth-order valence-corrected chi connectivity index (χ4v) is 2.56. The van der Waals surface area contributed by atoms with Crippen molar-refractivity contribution < 1.29 is 0 Å². The third-order valence-corrected chi connectivity index (χ3v) is 3.29. The zero-order chi connectivity index (χ0) is 11.0. The van der Waals surface area contributed by atoms with Crippen LogP contribution in [-0.4, -0.2) is 6.04 Å². The van der Waals surface area contributed by atoms with Crippen LogP contribution in [0.15, 0.2) is 48.5 Å². The van der Waals surface area contributed by atoms with Gasteiger partial charge < -0.3 is 5.73 Å². The van der Waals surface area contributed by atoms with Crippen LogP contribution in [0.4, 0.5) is 0 Å². The lowest BCUT2D eigenvalue weighted by molar-refractivity contribution is 0.673. The monoisotopic (exact) mass is 209 g/mol. The standard InChI is InChI=1S/C15H15N/c16-13-9-11-5-1-3-7-14(11)15-8-4-2-6-12(15)10-13/h1-8,13H,9-10,16H2. The van der Waals surface area contributed by atoms with Crippen LogP contribution < -0.4 is 5.73 Å². The summed E-state index contributed by atoms with van der Waals surface area (Å²) in [5, 5.41) is 0. The van der Waals surface area contributed by atoms with E-state index in [1.165, 1.54) is 22.3 Å². The first-order valence-electron chi connectivity index (χ1n) is 5.76. The maximum absolute atomic E-state index is 6.16. The molecule has 2 N–H and O–H groups in total. The van der Waals surface area contributed by atoms with E-state index in [9.17, 15) is 0 Å². The van der Waals surface area contributed by atoms with Gasteiger partial charge in [-0.25, -0.2) is 0 Å². The molecule has 0 amide bonds. The van der Waals surface area contributed by atoms with Gasteiger partial charge in [-0.05, 0) is 35.1 Å². The molecule has 1 aliphatic carbocycles. The SMILES string of the molecule is NC1Cc2ccccc2-c2ccccc2C1. The van der Waals surface area contributed by atoms with E-state index < -0.39 is 0 Å². The van der Waals surface area contributed by atoms with Gasteiger partial charge in [0.1, 0.15) is 0 Å². The number of nitrogens with two attached hydrogens (primary N) is 1. The second-order valence-corrected chi connectivity index (χ2v) is 4.48. The molecule has 0 atom stereocenters. The fourth-order valence-electron chi connectivity index (χ4n) is 2.56. The summed E-state index contributed by atoms with van der Waals surface area (Å²) in [6.07, 6.45) is 1.95. The molecule has 0 fully saturated rings. The van der Waals surface area contributed by atoms with Gasteiger partial charge in [-0.1, -0.05) is 48.5 Å². The Hall–Kier alpha value is -1.60. The summed E-state index contributed by atoms with van der Waals surface area (Å²) in [5.74, 6) is 0. The Kier molecular flexibility index (Phi) is 2.26. The van der Waals surface area contributed by atoms with Gasteiger partial charge in [0.2, 0.25) is 0 Å². The largest absolute Gasteiger partial charge is 0.327 e. The van der Waals surface area contributed by atoms with Crippen molar-refractivity contribution in [2.24, 2.45) is 5.73 Å². The Morgan fingerprint density at radius 1 is 0.750 bits per heavy atom. The first kappa shape index (κ1) is 9.61. The Morgan fingerprint density at radius 2 is 1.19 bits per heavy atom. The van der Waals surface area contributed by atoms with Gasteiger partial charge >= 0.3 is 0 Å². The molecule has 1 aliphatic rings. The summed E-state index contributed by atoms with van der Waals surface area (Å²) in [6, 6.07) is 17.4. The zero-order valence-electron chi connectivity index (χ0n) is 9.19. The number of hydrogen-bond acceptors (Lipinski definition) is 1. The zero-order valence-corrected chi connectivity index (χ0v) is 9.19. The molecule has 80 valence electrons. The number of fused-ring (bicyclic) bond motifs is 3. The molecule has 1 nitrogen and oxygen atoms in total. The van der Waals surface area contributed by atoms with Crippen molar-refractivity contribution in [1.29, 1.82) is 0 Å². The van der Waals surface area contributed by atoms with E-state index in [0.29, 0.717) is 0 Å². The lowest BCUT2D eigenvalue weighted by Gasteiger charge is -2.07. The minimum absolute atomic E-state index is 0.241. The average Bonchev–Trinajstić information content (AvgIpc) is 2.44. The molecule has 0 radical (unpaired) electrons. The smallest absolute Gasteiger partial charge is 0.0120 e. The second kappa shape index (κ2) is 3.76. The highest BCUT2D eigenvalue weighted by atomic mass is 14.6. The van der Waals surface area contributed by atoms with E-state index in [0.717, 1.165) is 12.8 Å². The number of hydrogen-bond donors (Lipinski definition) is 1. The lowest BCUT2D eigenvalue weighted by Crippen LogP contribution is -2.24. The van der Waals surface area contributed by atoms with E-state index >= 15 is 0 Å². The molecule has 0 saturated carbocycles. The molecule has 1 heteroatoms. The van der Waals surface area contributed by atoms with Gasteiger partial charge in [0.25, 0.3) is 0 Å². The second-order valence-electron chi connectivity index (χ2n) is 4.48. The van der Waals surface area contributed by atoms with Crippen LogP contribution in [0.5, 0.6) is 0 Å². The van der Waals surface area contributed by atoms with Crippen molar-refractivity contribution in [3.63, 3.8) is 0 Å². The van der Waals surface area contributed by atoms with E-state index in [1.807, 2.05) is 0 Å². The quantitative estimate of drug-likeness (QED) is 0.709. The van der Waals surface area contributed by atoms with Crippen LogP contribution in [0.3, 0.4) is 0 Å². The highest BCUT2D eigenvalue weighted by molar-refractivity contribution is 5.71. The van der Waals surface area contributed by atoms with Gasteiger partial charge in [0.15, 0.2) is 0 Å². The van der Waals surface area contributed by atoms with E-state index in [4.69, 9.17) is 5.73 Å². The van der Waals surface area contributed by atoms with Crippen LogP contribution >= 0.6 is 0 Å². The summed E-state index contributed by atoms with van der Waals surface area (Å²) < 4.78 is 0. The Balaban J connectivity index is 2.26. The van der Waals surface area contributed by atoms with Crippen LogP contribution in [0, 0.1) is 0 Å². The van der Waals surface area contributed by atoms with E-state index in [1.54, 1.807) is 0 Å². The molecule has 0 aliphatic heterocycles. The molecule has 3 rings (SSSR count). The number of benzene rings is 2. The molecule has 0 heterocycles. The molecular formula is C15H15N. The summed E-state index contributed by atoms with van der Waals surface area (Å²) in [4.78, 5) is 0. The molecule has 2 aromatic carbocycles. The van der Waals surface area contributed by atoms with Crippen molar-refractivity contribution in [3.8, 4) is 11.1 Å². The molecule has 2 aromatic rings. The lowest BCUT2D eigenvalue weighted by atomic mass is 9.97. The van der Waals surface area contributed by atoms with Crippen molar-refractivity contribution in [1.82, 2.24) is 0 Å². The highest BCUT2D eigenvalue weighted by Gasteiger charge is 2.17. The van der Waals surface area contributed by atoms with Crippen LogP contribution in [0.2, 0.25) is 0 Å². The summed E-state index contributed by atoms with van der Waals surface area (Å²) in [5.41, 5.74) is 11.6. The summed E-state index contributed by atoms with van der Waals surface area (Å²) in [6.45, 7) is 0. The van der Waals surface area contributed by atoms with Gasteiger partial charge in [0.05, 0.1) is 0 Å². The van der Waals surface area contributed by atoms with Crippen LogP contribution in [0.25, 0.3) is 11.1 Å². The van der Waals surface area contributed by atoms with Crippen molar-refractivity contribution in [2.75, 3.05) is 0 Å². The van der Waals surface area contributed by atoms with Gasteiger partial charge in [-0.2, -0.15) is 0 Å². The fraction of sp³-hybridized carbons (Fsp3) is 0.200. The molecule has 0 aromatic heterocycles. The molecule has 0 spiro atoms. The minimum atomic E-state index is 0.241. The Morgan fingerprint density at radius 3 is 1.69 bits per heavy atom. The van der Waals surface area contributed by atoms with E-state index in [-0.39, 0.29) is 6.04 Å². The van der Waals surface area contributed by atoms with E-state index in [2.05, 4.69) is 48.5 Å². The predicted octanol–water partition coefficient (Wildman–Crippen LogP) is 2.78. The number of rotatable bonds is 0. The predicted molar refractivity (Wildman–Crippen MR) is 67.3 cm³/mol. The summed E-state index contributed by atoms with van der Waals surface area (Å²) in [7, 11) is 0. The Bertz CT molecular complexity index is 469. The van der Waals surface area contributed by atoms with Crippen molar-refractivity contribution in [2.45, 2.75) is 18.9 Å². The summed E-state index contributed by atoms with van der Waals surface area (Å²) >= 11 is 0. The molecule has 16 heavy (non-hydrogen) atoms. The van der Waals surface area contributed by atoms with Crippen molar-refractivity contribution in [3.05, 3.63) is 59.7 Å². The molecule has 0 unspecified atom stereocenters. The molecule has 0 saturated heterocycles. The third-order valence-electron chi connectivity index (χ3n) is 3.29. The highest BCUT2D eigenvalue weighted by Crippen LogP contribution is 2.31. The van der Waals surface area contributed by atoms with Gasteiger partial charge in [0, 0.05) is 6.04 Å². The molecular weight excluding hydrogens is 194 g/mol. The first-order valence-corrected chi connectivity index (χ1v) is 5.76. The first-order chi connectivity index (χ1) is 7.84. The van der Waals surface area contributed by atoms with Crippen LogP contribution in [0.1, 0.15) is 11.1 Å². The topological polar surface area (TPSA) is 26.0 Å². The average molecular weight is 209 g/mol. The minimum Gasteiger partial charge on any atom is -0.327 e. The van der Waals surface area contributed by atoms with Gasteiger partial charge in [-0.3, -0.25) is 0 Å². The maximum atomic E-state index is 6.16. The van der Waals surface area contributed by atoms with Gasteiger partial charge in [-0.15, -0.1) is 0 Å².